The highest BCUT2D eigenvalue weighted by molar-refractivity contribution is 5.90. The van der Waals surface area contributed by atoms with Gasteiger partial charge in [0, 0.05) is 25.1 Å². The van der Waals surface area contributed by atoms with Crippen LogP contribution in [0.25, 0.3) is 0 Å². The lowest BCUT2D eigenvalue weighted by atomic mass is 9.80. The molecule has 1 aliphatic carbocycles. The summed E-state index contributed by atoms with van der Waals surface area (Å²) in [7, 11) is 0. The van der Waals surface area contributed by atoms with Crippen LogP contribution in [0.15, 0.2) is 23.8 Å². The van der Waals surface area contributed by atoms with Crippen molar-refractivity contribution in [3.63, 3.8) is 0 Å². The molecule has 1 rings (SSSR count). The van der Waals surface area contributed by atoms with Crippen LogP contribution in [0.4, 0.5) is 0 Å². The molecule has 0 saturated carbocycles. The third kappa shape index (κ3) is 6.92. The van der Waals surface area contributed by atoms with Gasteiger partial charge in [-0.15, -0.1) is 6.58 Å². The van der Waals surface area contributed by atoms with Gasteiger partial charge in [-0.3, -0.25) is 4.79 Å². The summed E-state index contributed by atoms with van der Waals surface area (Å²) in [6.07, 6.45) is -0.951. The summed E-state index contributed by atoms with van der Waals surface area (Å²) >= 11 is 0. The topological polar surface area (TPSA) is 117 Å². The number of hydrogen-bond acceptors (Lipinski definition) is 7. The molecule has 0 fully saturated rings. The van der Waals surface area contributed by atoms with Gasteiger partial charge in [-0.25, -0.2) is 4.79 Å². The molecule has 1 aliphatic rings. The lowest BCUT2D eigenvalue weighted by Gasteiger charge is -2.43. The van der Waals surface area contributed by atoms with Crippen LogP contribution in [-0.4, -0.2) is 71.7 Å². The van der Waals surface area contributed by atoms with E-state index < -0.39 is 36.4 Å². The molecule has 5 atom stereocenters. The van der Waals surface area contributed by atoms with Gasteiger partial charge in [0.2, 0.25) is 5.91 Å². The first-order valence-electron chi connectivity index (χ1n) is 10.2. The largest absolute Gasteiger partial charge is 0.463 e. The fraction of sp³-hybridized carbons (Fsp3) is 0.714. The number of hydrogen-bond donors (Lipinski definition) is 4. The van der Waals surface area contributed by atoms with E-state index in [1.165, 1.54) is 20.8 Å². The van der Waals surface area contributed by atoms with Crippen LogP contribution in [0.1, 0.15) is 47.5 Å². The minimum atomic E-state index is -0.946. The van der Waals surface area contributed by atoms with Crippen LogP contribution in [-0.2, 0) is 19.1 Å². The Hall–Kier alpha value is -1.74. The average molecular weight is 413 g/mol. The Kier molecular flexibility index (Phi) is 10.5. The normalized spacial score (nSPS) is 25.1. The molecular formula is C21H36N2O6. The van der Waals surface area contributed by atoms with Gasteiger partial charge in [0.05, 0.1) is 24.9 Å². The van der Waals surface area contributed by atoms with E-state index >= 15 is 0 Å². The molecule has 2 unspecified atom stereocenters. The molecule has 0 heterocycles. The number of carbonyl (C=O) groups is 2. The van der Waals surface area contributed by atoms with E-state index in [9.17, 15) is 19.8 Å². The molecule has 4 N–H and O–H groups in total. The highest BCUT2D eigenvalue weighted by Gasteiger charge is 2.43. The lowest BCUT2D eigenvalue weighted by molar-refractivity contribution is -0.141. The quantitative estimate of drug-likeness (QED) is 0.293. The Balaban J connectivity index is 3.47. The smallest absolute Gasteiger partial charge is 0.334 e. The van der Waals surface area contributed by atoms with E-state index in [2.05, 4.69) is 17.2 Å². The first-order chi connectivity index (χ1) is 13.7. The van der Waals surface area contributed by atoms with Gasteiger partial charge in [-0.1, -0.05) is 13.0 Å². The molecule has 0 aromatic heterocycles. The van der Waals surface area contributed by atoms with Gasteiger partial charge in [0.25, 0.3) is 0 Å². The molecule has 8 heteroatoms. The van der Waals surface area contributed by atoms with Crippen LogP contribution in [0, 0.1) is 0 Å². The summed E-state index contributed by atoms with van der Waals surface area (Å²) in [6.45, 7) is 12.5. The molecule has 0 saturated heterocycles. The van der Waals surface area contributed by atoms with Gasteiger partial charge in [0.1, 0.15) is 12.2 Å². The number of ether oxygens (including phenoxy) is 2. The molecule has 0 spiro atoms. The van der Waals surface area contributed by atoms with E-state index in [1.807, 2.05) is 6.92 Å². The zero-order chi connectivity index (χ0) is 22.1. The van der Waals surface area contributed by atoms with Crippen molar-refractivity contribution in [2.24, 2.45) is 0 Å². The average Bonchev–Trinajstić information content (AvgIpc) is 2.64. The summed E-state index contributed by atoms with van der Waals surface area (Å²) in [4.78, 5) is 24.6. The first-order valence-corrected chi connectivity index (χ1v) is 10.2. The Morgan fingerprint density at radius 1 is 1.28 bits per heavy atom. The highest BCUT2D eigenvalue weighted by Crippen LogP contribution is 2.33. The van der Waals surface area contributed by atoms with Crippen molar-refractivity contribution in [3.05, 3.63) is 23.8 Å². The van der Waals surface area contributed by atoms with Crippen molar-refractivity contribution >= 4 is 11.9 Å². The number of esters is 1. The number of aliphatic hydroxyl groups is 2. The maximum Gasteiger partial charge on any atom is 0.334 e. The molecule has 0 aromatic carbocycles. The molecule has 166 valence electrons. The van der Waals surface area contributed by atoms with Gasteiger partial charge in [-0.2, -0.15) is 0 Å². The van der Waals surface area contributed by atoms with Gasteiger partial charge < -0.3 is 30.3 Å². The highest BCUT2D eigenvalue weighted by atomic mass is 16.5. The van der Waals surface area contributed by atoms with Crippen molar-refractivity contribution in [1.82, 2.24) is 10.6 Å². The molecule has 0 aromatic rings. The van der Waals surface area contributed by atoms with E-state index in [4.69, 9.17) is 9.47 Å². The maximum atomic E-state index is 12.6. The van der Waals surface area contributed by atoms with Crippen molar-refractivity contribution in [2.45, 2.75) is 84.0 Å². The fourth-order valence-electron chi connectivity index (χ4n) is 3.74. The SMILES string of the molecule is C=CCN[C@H]1CC(C(=O)OCC)=C(CC)[C@@H](OC(C(C)O)C(C)O)[C@@H]1NC(C)=O. The van der Waals surface area contributed by atoms with Gasteiger partial charge >= 0.3 is 5.97 Å². The minimum absolute atomic E-state index is 0.241. The summed E-state index contributed by atoms with van der Waals surface area (Å²) in [6, 6.07) is -0.819. The van der Waals surface area contributed by atoms with Crippen LogP contribution < -0.4 is 10.6 Å². The second kappa shape index (κ2) is 12.1. The third-order valence-electron chi connectivity index (χ3n) is 4.97. The van der Waals surface area contributed by atoms with Crippen molar-refractivity contribution in [1.29, 1.82) is 0 Å². The van der Waals surface area contributed by atoms with Crippen molar-refractivity contribution in [3.8, 4) is 0 Å². The van der Waals surface area contributed by atoms with E-state index in [-0.39, 0.29) is 18.6 Å². The van der Waals surface area contributed by atoms with Crippen LogP contribution in [0.5, 0.6) is 0 Å². The molecule has 8 nitrogen and oxygen atoms in total. The lowest BCUT2D eigenvalue weighted by Crippen LogP contribution is -2.61. The number of carbonyl (C=O) groups excluding carboxylic acids is 2. The Bertz CT molecular complexity index is 594. The second-order valence-corrected chi connectivity index (χ2v) is 7.31. The predicted octanol–water partition coefficient (Wildman–Crippen LogP) is 0.824. The van der Waals surface area contributed by atoms with Crippen LogP contribution in [0.2, 0.25) is 0 Å². The van der Waals surface area contributed by atoms with Crippen molar-refractivity contribution < 1.29 is 29.3 Å². The second-order valence-electron chi connectivity index (χ2n) is 7.31. The number of nitrogens with one attached hydrogen (secondary N) is 2. The fourth-order valence-corrected chi connectivity index (χ4v) is 3.74. The Labute approximate surface area is 173 Å². The van der Waals surface area contributed by atoms with E-state index in [0.29, 0.717) is 30.5 Å². The predicted molar refractivity (Wildman–Crippen MR) is 110 cm³/mol. The van der Waals surface area contributed by atoms with Crippen LogP contribution >= 0.6 is 0 Å². The van der Waals surface area contributed by atoms with Crippen LogP contribution in [0.3, 0.4) is 0 Å². The van der Waals surface area contributed by atoms with Gasteiger partial charge in [0.15, 0.2) is 0 Å². The Morgan fingerprint density at radius 3 is 2.34 bits per heavy atom. The summed E-state index contributed by atoms with van der Waals surface area (Å²) in [5.41, 5.74) is 1.20. The maximum absolute atomic E-state index is 12.6. The molecule has 0 bridgehead atoms. The van der Waals surface area contributed by atoms with Crippen molar-refractivity contribution in [2.75, 3.05) is 13.2 Å². The van der Waals surface area contributed by atoms with E-state index in [0.717, 1.165) is 0 Å². The zero-order valence-electron chi connectivity index (χ0n) is 18.1. The number of amides is 1. The van der Waals surface area contributed by atoms with Gasteiger partial charge in [-0.05, 0) is 39.2 Å². The monoisotopic (exact) mass is 412 g/mol. The number of aliphatic hydroxyl groups excluding tert-OH is 2. The Morgan fingerprint density at radius 2 is 1.90 bits per heavy atom. The summed E-state index contributed by atoms with van der Waals surface area (Å²) in [5.74, 6) is -0.662. The molecule has 0 aliphatic heterocycles. The number of rotatable bonds is 11. The molecule has 1 amide bonds. The zero-order valence-corrected chi connectivity index (χ0v) is 18.1. The molecular weight excluding hydrogens is 376 g/mol. The summed E-state index contributed by atoms with van der Waals surface area (Å²) in [5, 5.41) is 26.4. The van der Waals surface area contributed by atoms with E-state index in [1.54, 1.807) is 13.0 Å². The molecule has 29 heavy (non-hydrogen) atoms. The molecule has 0 radical (unpaired) electrons. The minimum Gasteiger partial charge on any atom is -0.463 e. The third-order valence-corrected chi connectivity index (χ3v) is 4.97. The first kappa shape index (κ1) is 25.3. The standard InChI is InChI=1S/C21H36N2O6/c1-7-10-22-17-11-16(21(27)28-9-3)15(8-2)20(18(17)23-14(6)26)29-19(12(4)24)13(5)25/h7,12-13,17-20,22,24-25H,1,8-11H2,2-6H3,(H,23,26)/t12?,13?,17-,18+,19?,20+/m0/s1. The summed E-state index contributed by atoms with van der Waals surface area (Å²) < 4.78 is 11.4.